The van der Waals surface area contributed by atoms with Gasteiger partial charge in [-0.05, 0) is 68.8 Å². The van der Waals surface area contributed by atoms with Gasteiger partial charge in [-0.25, -0.2) is 23.7 Å². The highest BCUT2D eigenvalue weighted by molar-refractivity contribution is 7.97. The molecule has 0 bridgehead atoms. The Balaban J connectivity index is 1.16. The highest BCUT2D eigenvalue weighted by Crippen LogP contribution is 2.41. The monoisotopic (exact) mass is 511 g/mol. The van der Waals surface area contributed by atoms with Gasteiger partial charge in [0.15, 0.2) is 5.76 Å². The number of guanidine groups is 1. The summed E-state index contributed by atoms with van der Waals surface area (Å²) in [6.07, 6.45) is 6.99. The molecule has 1 aromatic carbocycles. The van der Waals surface area contributed by atoms with E-state index < -0.39 is 6.17 Å². The van der Waals surface area contributed by atoms with Crippen molar-refractivity contribution >= 4 is 35.6 Å². The lowest BCUT2D eigenvalue weighted by Crippen LogP contribution is -2.44. The van der Waals surface area contributed by atoms with Crippen LogP contribution in [0.15, 0.2) is 51.2 Å². The maximum atomic E-state index is 15.1. The van der Waals surface area contributed by atoms with E-state index >= 15 is 4.39 Å². The summed E-state index contributed by atoms with van der Waals surface area (Å²) in [6, 6.07) is 5.29. The number of ether oxygens (including phenoxy) is 1. The molecule has 6 rings (SSSR count). The Morgan fingerprint density at radius 1 is 1.31 bits per heavy atom. The summed E-state index contributed by atoms with van der Waals surface area (Å²) in [7, 11) is 0. The molecule has 1 aromatic heterocycles. The van der Waals surface area contributed by atoms with Crippen molar-refractivity contribution in [3.63, 3.8) is 0 Å². The summed E-state index contributed by atoms with van der Waals surface area (Å²) in [6.45, 7) is 8.16. The molecule has 190 valence electrons. The minimum atomic E-state index is -0.470. The molecule has 0 amide bonds. The van der Waals surface area contributed by atoms with Gasteiger partial charge in [0, 0.05) is 36.3 Å². The molecule has 0 radical (unpaired) electrons. The zero-order valence-corrected chi connectivity index (χ0v) is 21.1. The number of aromatic nitrogens is 2. The van der Waals surface area contributed by atoms with Gasteiger partial charge in [-0.2, -0.15) is 5.10 Å². The molecule has 1 spiro atoms. The lowest BCUT2D eigenvalue weighted by molar-refractivity contribution is 0.111. The topological polar surface area (TPSA) is 105 Å². The molecule has 0 aliphatic carbocycles. The Hall–Kier alpha value is -3.09. The van der Waals surface area contributed by atoms with Gasteiger partial charge in [0.25, 0.3) is 0 Å². The van der Waals surface area contributed by atoms with Crippen LogP contribution in [-0.4, -0.2) is 70.3 Å². The van der Waals surface area contributed by atoms with E-state index in [2.05, 4.69) is 35.6 Å². The van der Waals surface area contributed by atoms with Gasteiger partial charge in [0.1, 0.15) is 17.9 Å². The van der Waals surface area contributed by atoms with Crippen LogP contribution in [0.25, 0.3) is 5.70 Å². The first-order valence-electron chi connectivity index (χ1n) is 12.3. The van der Waals surface area contributed by atoms with Crippen LogP contribution in [0.2, 0.25) is 0 Å². The molecule has 10 nitrogen and oxygen atoms in total. The fourth-order valence-corrected chi connectivity index (χ4v) is 6.16. The number of hydrogen-bond donors (Lipinski definition) is 4. The van der Waals surface area contributed by atoms with Crippen molar-refractivity contribution in [2.75, 3.05) is 31.5 Å². The molecule has 4 aliphatic rings. The molecule has 4 N–H and O–H groups in total. The van der Waals surface area contributed by atoms with Crippen molar-refractivity contribution in [2.24, 2.45) is 15.4 Å². The van der Waals surface area contributed by atoms with Crippen LogP contribution >= 0.6 is 11.9 Å². The zero-order valence-electron chi connectivity index (χ0n) is 20.3. The quantitative estimate of drug-likeness (QED) is 0.439. The summed E-state index contributed by atoms with van der Waals surface area (Å²) in [5.41, 5.74) is 5.35. The maximum absolute atomic E-state index is 15.1. The molecular formula is C24H30FN9OS. The second-order valence-corrected chi connectivity index (χ2v) is 11.1. The molecule has 2 atom stereocenters. The van der Waals surface area contributed by atoms with E-state index in [0.29, 0.717) is 28.5 Å². The smallest absolute Gasteiger partial charge is 0.217 e. The van der Waals surface area contributed by atoms with Crippen LogP contribution in [-0.2, 0) is 4.74 Å². The van der Waals surface area contributed by atoms with Crippen LogP contribution in [0, 0.1) is 11.2 Å². The first-order chi connectivity index (χ1) is 17.5. The number of aliphatic imine (C=N–C) groups is 2. The largest absolute Gasteiger partial charge is 0.489 e. The zero-order chi connectivity index (χ0) is 24.7. The lowest BCUT2D eigenvalue weighted by atomic mass is 9.87. The van der Waals surface area contributed by atoms with Crippen LogP contribution in [0.4, 0.5) is 10.1 Å². The van der Waals surface area contributed by atoms with Crippen molar-refractivity contribution in [2.45, 2.75) is 43.9 Å². The number of anilines is 1. The average molecular weight is 512 g/mol. The van der Waals surface area contributed by atoms with Crippen molar-refractivity contribution in [1.82, 2.24) is 30.3 Å². The number of rotatable bonds is 6. The Labute approximate surface area is 213 Å². The van der Waals surface area contributed by atoms with Gasteiger partial charge in [0.05, 0.1) is 18.0 Å². The number of nitrogens with one attached hydrogen (secondary N) is 4. The van der Waals surface area contributed by atoms with Crippen molar-refractivity contribution in [3.8, 4) is 0 Å². The second kappa shape index (κ2) is 9.41. The molecular weight excluding hydrogens is 481 g/mol. The van der Waals surface area contributed by atoms with Gasteiger partial charge in [-0.15, -0.1) is 0 Å². The van der Waals surface area contributed by atoms with Gasteiger partial charge in [-0.1, -0.05) is 0 Å². The van der Waals surface area contributed by atoms with E-state index in [1.807, 2.05) is 19.9 Å². The lowest BCUT2D eigenvalue weighted by Gasteiger charge is -2.28. The molecule has 2 saturated heterocycles. The van der Waals surface area contributed by atoms with E-state index in [9.17, 15) is 0 Å². The SMILES string of the molecule is CC(C)OC1=C(c2cn[nH]c2)N=CN2NC(Nc3ccc(SN4CCC5(CCNC5)C4)cc3F)=NC12. The van der Waals surface area contributed by atoms with Gasteiger partial charge in [0.2, 0.25) is 12.1 Å². The summed E-state index contributed by atoms with van der Waals surface area (Å²) in [5, 5.41) is 15.1. The Morgan fingerprint density at radius 3 is 2.97 bits per heavy atom. The van der Waals surface area contributed by atoms with E-state index in [4.69, 9.17) is 9.73 Å². The van der Waals surface area contributed by atoms with Gasteiger partial charge < -0.3 is 15.4 Å². The normalized spacial score (nSPS) is 25.6. The standard InChI is InChI=1S/C24H30FN9OS/c1-15(2)35-21-20(16-10-28-29-11-16)27-14-34-22(21)31-23(32-34)30-19-4-3-17(9-18(19)25)36-33-8-6-24(13-33)5-7-26-12-24/h3-4,9-11,14-15,22,26H,5-8,12-13H2,1-2H3,(H,28,29)(H2,30,31,32). The van der Waals surface area contributed by atoms with Crippen LogP contribution in [0.5, 0.6) is 0 Å². The maximum Gasteiger partial charge on any atom is 0.217 e. The fraction of sp³-hybridized carbons (Fsp3) is 0.458. The number of aromatic amines is 1. The molecule has 4 aliphatic heterocycles. The highest BCUT2D eigenvalue weighted by Gasteiger charge is 2.40. The predicted molar refractivity (Wildman–Crippen MR) is 138 cm³/mol. The minimum absolute atomic E-state index is 0.0674. The first-order valence-corrected chi connectivity index (χ1v) is 13.0. The van der Waals surface area contributed by atoms with Gasteiger partial charge in [-0.3, -0.25) is 10.5 Å². The van der Waals surface area contributed by atoms with E-state index in [1.54, 1.807) is 47.8 Å². The van der Waals surface area contributed by atoms with Crippen molar-refractivity contribution < 1.29 is 9.13 Å². The molecule has 2 fully saturated rings. The third-order valence-corrected chi connectivity index (χ3v) is 7.86. The second-order valence-electron chi connectivity index (χ2n) is 9.88. The Bertz CT molecular complexity index is 1210. The molecule has 2 aromatic rings. The number of fused-ring (bicyclic) bond motifs is 1. The molecule has 12 heteroatoms. The van der Waals surface area contributed by atoms with E-state index in [1.165, 1.54) is 12.8 Å². The summed E-state index contributed by atoms with van der Waals surface area (Å²) in [4.78, 5) is 10.2. The summed E-state index contributed by atoms with van der Waals surface area (Å²) in [5.74, 6) is 0.693. The van der Waals surface area contributed by atoms with Crippen LogP contribution < -0.4 is 16.1 Å². The molecule has 2 unspecified atom stereocenters. The number of halogens is 1. The van der Waals surface area contributed by atoms with E-state index in [-0.39, 0.29) is 11.9 Å². The number of hydrogen-bond acceptors (Lipinski definition) is 10. The highest BCUT2D eigenvalue weighted by atomic mass is 32.2. The number of hydrazine groups is 1. The first kappa shape index (κ1) is 23.3. The molecule has 36 heavy (non-hydrogen) atoms. The molecule has 5 heterocycles. The minimum Gasteiger partial charge on any atom is -0.489 e. The number of benzene rings is 1. The van der Waals surface area contributed by atoms with Crippen molar-refractivity contribution in [3.05, 3.63) is 47.7 Å². The average Bonchev–Trinajstić information content (AvgIpc) is 3.65. The van der Waals surface area contributed by atoms with Crippen LogP contribution in [0.3, 0.4) is 0 Å². The van der Waals surface area contributed by atoms with Crippen LogP contribution in [0.1, 0.15) is 32.3 Å². The Kier molecular flexibility index (Phi) is 6.10. The predicted octanol–water partition coefficient (Wildman–Crippen LogP) is 2.99. The third-order valence-electron chi connectivity index (χ3n) is 6.83. The Morgan fingerprint density at radius 2 is 2.22 bits per heavy atom. The number of nitrogens with zero attached hydrogens (tertiary/aromatic N) is 5. The fourth-order valence-electron chi connectivity index (χ4n) is 5.05. The van der Waals surface area contributed by atoms with E-state index in [0.717, 1.165) is 36.6 Å². The summed E-state index contributed by atoms with van der Waals surface area (Å²) >= 11 is 1.63. The number of H-pyrrole nitrogens is 1. The summed E-state index contributed by atoms with van der Waals surface area (Å²) < 4.78 is 23.5. The van der Waals surface area contributed by atoms with Crippen molar-refractivity contribution in [1.29, 1.82) is 0 Å². The van der Waals surface area contributed by atoms with Gasteiger partial charge >= 0.3 is 0 Å². The molecule has 0 saturated carbocycles. The third kappa shape index (κ3) is 4.56.